The molecule has 17 heavy (non-hydrogen) atoms. The lowest BCUT2D eigenvalue weighted by Crippen LogP contribution is -1.94. The van der Waals surface area contributed by atoms with Crippen LogP contribution in [0.25, 0.3) is 11.3 Å². The summed E-state index contributed by atoms with van der Waals surface area (Å²) in [5, 5.41) is 11.4. The van der Waals surface area contributed by atoms with Gasteiger partial charge in [-0.05, 0) is 12.1 Å². The molecule has 0 bridgehead atoms. The van der Waals surface area contributed by atoms with Crippen LogP contribution in [0, 0.1) is 11.6 Å². The number of benzene rings is 1. The first-order chi connectivity index (χ1) is 7.99. The Hall–Kier alpha value is -1.95. The summed E-state index contributed by atoms with van der Waals surface area (Å²) < 4.78 is 30.6. The Morgan fingerprint density at radius 2 is 2.06 bits per heavy atom. The molecule has 0 aliphatic carbocycles. The van der Waals surface area contributed by atoms with E-state index in [-0.39, 0.29) is 17.0 Å². The van der Waals surface area contributed by atoms with Crippen molar-refractivity contribution in [2.45, 2.75) is 0 Å². The van der Waals surface area contributed by atoms with Crippen LogP contribution in [0.3, 0.4) is 0 Å². The number of hydrogen-bond acceptors (Lipinski definition) is 3. The highest BCUT2D eigenvalue weighted by Gasteiger charge is 2.15. The highest BCUT2D eigenvalue weighted by molar-refractivity contribution is 6.31. The smallest absolute Gasteiger partial charge is 0.358 e. The lowest BCUT2D eigenvalue weighted by atomic mass is 10.1. The number of carbonyl (C=O) groups is 1. The molecule has 0 amide bonds. The molecule has 2 aromatic rings. The molecule has 1 heterocycles. The van der Waals surface area contributed by atoms with Gasteiger partial charge in [0, 0.05) is 11.6 Å². The number of nitrogens with zero attached hydrogens (tertiary/aromatic N) is 1. The second-order valence-electron chi connectivity index (χ2n) is 3.14. The van der Waals surface area contributed by atoms with Crippen molar-refractivity contribution in [3.63, 3.8) is 0 Å². The molecule has 7 heteroatoms. The van der Waals surface area contributed by atoms with Gasteiger partial charge < -0.3 is 9.63 Å². The van der Waals surface area contributed by atoms with Gasteiger partial charge in [-0.2, -0.15) is 0 Å². The van der Waals surface area contributed by atoms with E-state index in [1.54, 1.807) is 0 Å². The summed E-state index contributed by atoms with van der Waals surface area (Å²) in [4.78, 5) is 10.6. The van der Waals surface area contributed by atoms with Crippen LogP contribution in [0.15, 0.2) is 22.7 Å². The molecule has 0 aliphatic rings. The molecule has 2 rings (SSSR count). The van der Waals surface area contributed by atoms with Crippen molar-refractivity contribution in [2.75, 3.05) is 0 Å². The Balaban J connectivity index is 2.49. The fourth-order valence-corrected chi connectivity index (χ4v) is 1.42. The molecule has 0 saturated carbocycles. The van der Waals surface area contributed by atoms with Crippen LogP contribution >= 0.6 is 11.6 Å². The van der Waals surface area contributed by atoms with Gasteiger partial charge in [0.15, 0.2) is 23.1 Å². The van der Waals surface area contributed by atoms with Gasteiger partial charge in [0.05, 0.1) is 5.02 Å². The fraction of sp³-hybridized carbons (Fsp3) is 0. The number of halogens is 3. The van der Waals surface area contributed by atoms with E-state index < -0.39 is 22.6 Å². The summed E-state index contributed by atoms with van der Waals surface area (Å²) in [6, 6.07) is 3.05. The van der Waals surface area contributed by atoms with Crippen LogP contribution < -0.4 is 0 Å². The molecular formula is C10H4ClF2NO3. The molecule has 0 saturated heterocycles. The van der Waals surface area contributed by atoms with Crippen molar-refractivity contribution in [1.82, 2.24) is 5.16 Å². The van der Waals surface area contributed by atoms with Crippen molar-refractivity contribution < 1.29 is 23.2 Å². The van der Waals surface area contributed by atoms with Gasteiger partial charge in [0.1, 0.15) is 0 Å². The van der Waals surface area contributed by atoms with E-state index in [2.05, 4.69) is 9.68 Å². The molecular weight excluding hydrogens is 256 g/mol. The molecule has 0 aliphatic heterocycles. The van der Waals surface area contributed by atoms with Gasteiger partial charge in [-0.1, -0.05) is 16.8 Å². The third-order valence-corrected chi connectivity index (χ3v) is 2.27. The third-order valence-electron chi connectivity index (χ3n) is 2.00. The maximum Gasteiger partial charge on any atom is 0.358 e. The molecule has 0 radical (unpaired) electrons. The van der Waals surface area contributed by atoms with Crippen molar-refractivity contribution in [3.8, 4) is 11.3 Å². The topological polar surface area (TPSA) is 63.3 Å². The van der Waals surface area contributed by atoms with Crippen molar-refractivity contribution >= 4 is 17.6 Å². The first-order valence-corrected chi connectivity index (χ1v) is 4.71. The van der Waals surface area contributed by atoms with Crippen LogP contribution in [-0.4, -0.2) is 16.2 Å². The molecule has 1 aromatic heterocycles. The van der Waals surface area contributed by atoms with Crippen LogP contribution in [0.5, 0.6) is 0 Å². The number of carboxylic acids is 1. The Kier molecular flexibility index (Phi) is 2.81. The summed E-state index contributed by atoms with van der Waals surface area (Å²) in [7, 11) is 0. The molecule has 0 atom stereocenters. The van der Waals surface area contributed by atoms with E-state index >= 15 is 0 Å². The minimum atomic E-state index is -1.28. The molecule has 88 valence electrons. The number of aromatic carboxylic acids is 1. The van der Waals surface area contributed by atoms with Gasteiger partial charge >= 0.3 is 5.97 Å². The molecule has 0 spiro atoms. The minimum absolute atomic E-state index is 0.0109. The average Bonchev–Trinajstić information content (AvgIpc) is 2.74. The quantitative estimate of drug-likeness (QED) is 0.842. The Morgan fingerprint density at radius 1 is 1.35 bits per heavy atom. The monoisotopic (exact) mass is 259 g/mol. The van der Waals surface area contributed by atoms with Crippen LogP contribution in [0.4, 0.5) is 8.78 Å². The Bertz CT molecular complexity index is 574. The molecule has 1 aromatic carbocycles. The Labute approximate surface area is 98.4 Å². The van der Waals surface area contributed by atoms with E-state index in [4.69, 9.17) is 16.7 Å². The molecule has 0 fully saturated rings. The number of aromatic nitrogens is 1. The highest BCUT2D eigenvalue weighted by Crippen LogP contribution is 2.27. The summed E-state index contributed by atoms with van der Waals surface area (Å²) in [6.45, 7) is 0. The second kappa shape index (κ2) is 4.14. The van der Waals surface area contributed by atoms with E-state index in [0.717, 1.165) is 18.2 Å². The van der Waals surface area contributed by atoms with Crippen LogP contribution in [0.1, 0.15) is 10.5 Å². The van der Waals surface area contributed by atoms with E-state index in [1.165, 1.54) is 0 Å². The van der Waals surface area contributed by atoms with Crippen LogP contribution in [-0.2, 0) is 0 Å². The largest absolute Gasteiger partial charge is 0.476 e. The zero-order chi connectivity index (χ0) is 12.6. The summed E-state index contributed by atoms with van der Waals surface area (Å²) in [6.07, 6.45) is 0. The lowest BCUT2D eigenvalue weighted by Gasteiger charge is -1.99. The van der Waals surface area contributed by atoms with E-state index in [0.29, 0.717) is 0 Å². The zero-order valence-corrected chi connectivity index (χ0v) is 8.83. The normalized spacial score (nSPS) is 10.5. The molecule has 1 N–H and O–H groups in total. The first-order valence-electron chi connectivity index (χ1n) is 4.34. The predicted molar refractivity (Wildman–Crippen MR) is 53.8 cm³/mol. The molecule has 4 nitrogen and oxygen atoms in total. The number of carboxylic acid groups (broad SMARTS) is 1. The number of hydrogen-bond donors (Lipinski definition) is 1. The van der Waals surface area contributed by atoms with Crippen molar-refractivity contribution in [3.05, 3.63) is 40.6 Å². The number of rotatable bonds is 2. The van der Waals surface area contributed by atoms with Gasteiger partial charge in [-0.3, -0.25) is 0 Å². The second-order valence-corrected chi connectivity index (χ2v) is 3.54. The van der Waals surface area contributed by atoms with Crippen molar-refractivity contribution in [1.29, 1.82) is 0 Å². The zero-order valence-electron chi connectivity index (χ0n) is 8.08. The van der Waals surface area contributed by atoms with Gasteiger partial charge in [-0.15, -0.1) is 0 Å². The van der Waals surface area contributed by atoms with Crippen LogP contribution in [0.2, 0.25) is 5.02 Å². The van der Waals surface area contributed by atoms with E-state index in [1.807, 2.05) is 0 Å². The Morgan fingerprint density at radius 3 is 2.59 bits per heavy atom. The van der Waals surface area contributed by atoms with Gasteiger partial charge in [-0.25, -0.2) is 13.6 Å². The first kappa shape index (κ1) is 11.5. The summed E-state index contributed by atoms with van der Waals surface area (Å²) in [5.41, 5.74) is -0.227. The maximum atomic E-state index is 13.1. The van der Waals surface area contributed by atoms with E-state index in [9.17, 15) is 13.6 Å². The average molecular weight is 260 g/mol. The van der Waals surface area contributed by atoms with Crippen molar-refractivity contribution in [2.24, 2.45) is 0 Å². The molecule has 0 unspecified atom stereocenters. The highest BCUT2D eigenvalue weighted by atomic mass is 35.5. The summed E-state index contributed by atoms with van der Waals surface area (Å²) >= 11 is 5.44. The standard InChI is InChI=1S/C10H4ClF2NO3/c11-5-1-4(2-6(12)9(5)13)8-3-7(10(15)16)14-17-8/h1-3H,(H,15,16). The fourth-order valence-electron chi connectivity index (χ4n) is 1.21. The minimum Gasteiger partial charge on any atom is -0.476 e. The maximum absolute atomic E-state index is 13.1. The SMILES string of the molecule is O=C(O)c1cc(-c2cc(F)c(F)c(Cl)c2)on1. The van der Waals surface area contributed by atoms with Gasteiger partial charge in [0.2, 0.25) is 0 Å². The lowest BCUT2D eigenvalue weighted by molar-refractivity contribution is 0.0686. The predicted octanol–water partition coefficient (Wildman–Crippen LogP) is 2.97. The summed E-state index contributed by atoms with van der Waals surface area (Å²) in [5.74, 6) is -3.62. The van der Waals surface area contributed by atoms with Gasteiger partial charge in [0.25, 0.3) is 0 Å². The third kappa shape index (κ3) is 2.12.